The van der Waals surface area contributed by atoms with Gasteiger partial charge < -0.3 is 9.47 Å². The molecule has 0 saturated carbocycles. The highest BCUT2D eigenvalue weighted by Crippen LogP contribution is 2.15. The molecule has 14 heavy (non-hydrogen) atoms. The lowest BCUT2D eigenvalue weighted by molar-refractivity contribution is -0.140. The van der Waals surface area contributed by atoms with E-state index in [2.05, 4.69) is 6.07 Å². The van der Waals surface area contributed by atoms with E-state index in [4.69, 9.17) is 9.47 Å². The SMILES string of the molecule is CC(Oc1[c]cccc1)OC(C)(C)C. The van der Waals surface area contributed by atoms with Gasteiger partial charge in [0.1, 0.15) is 5.75 Å². The van der Waals surface area contributed by atoms with Crippen LogP contribution < -0.4 is 4.74 Å². The van der Waals surface area contributed by atoms with Crippen molar-refractivity contribution in [2.45, 2.75) is 39.6 Å². The second-order valence-corrected chi connectivity index (χ2v) is 4.14. The number of rotatable bonds is 3. The van der Waals surface area contributed by atoms with Crippen LogP contribution in [-0.4, -0.2) is 11.9 Å². The van der Waals surface area contributed by atoms with Crippen molar-refractivity contribution in [1.82, 2.24) is 0 Å². The summed E-state index contributed by atoms with van der Waals surface area (Å²) in [7, 11) is 0. The van der Waals surface area contributed by atoms with E-state index in [0.29, 0.717) is 5.75 Å². The molecule has 0 fully saturated rings. The third-order valence-corrected chi connectivity index (χ3v) is 1.49. The van der Waals surface area contributed by atoms with Crippen molar-refractivity contribution in [3.63, 3.8) is 0 Å². The van der Waals surface area contributed by atoms with Gasteiger partial charge in [-0.25, -0.2) is 0 Å². The third-order valence-electron chi connectivity index (χ3n) is 1.49. The highest BCUT2D eigenvalue weighted by molar-refractivity contribution is 5.19. The minimum atomic E-state index is -0.256. The van der Waals surface area contributed by atoms with Gasteiger partial charge in [0.25, 0.3) is 0 Å². The maximum absolute atomic E-state index is 5.60. The molecule has 1 rings (SSSR count). The average Bonchev–Trinajstić information content (AvgIpc) is 2.02. The lowest BCUT2D eigenvalue weighted by Gasteiger charge is -2.25. The van der Waals surface area contributed by atoms with Crippen LogP contribution in [0.25, 0.3) is 0 Å². The van der Waals surface area contributed by atoms with Crippen molar-refractivity contribution < 1.29 is 9.47 Å². The Bertz CT molecular complexity index is 261. The summed E-state index contributed by atoms with van der Waals surface area (Å²) in [4.78, 5) is 0. The van der Waals surface area contributed by atoms with Crippen LogP contribution in [0.4, 0.5) is 0 Å². The maximum Gasteiger partial charge on any atom is 0.197 e. The summed E-state index contributed by atoms with van der Waals surface area (Å²) in [6.45, 7) is 7.89. The van der Waals surface area contributed by atoms with Gasteiger partial charge in [-0.15, -0.1) is 0 Å². The first-order valence-corrected chi connectivity index (χ1v) is 4.78. The van der Waals surface area contributed by atoms with Gasteiger partial charge in [-0.05, 0) is 33.8 Å². The molecule has 0 N–H and O–H groups in total. The van der Waals surface area contributed by atoms with Crippen molar-refractivity contribution in [3.8, 4) is 5.75 Å². The molecule has 0 saturated heterocycles. The summed E-state index contributed by atoms with van der Waals surface area (Å²) in [5.74, 6) is 0.712. The van der Waals surface area contributed by atoms with Gasteiger partial charge in [-0.1, -0.05) is 18.2 Å². The lowest BCUT2D eigenvalue weighted by atomic mass is 10.2. The molecule has 0 aliphatic carbocycles. The summed E-state index contributed by atoms with van der Waals surface area (Å²) in [5.41, 5.74) is -0.186. The zero-order valence-electron chi connectivity index (χ0n) is 9.20. The summed E-state index contributed by atoms with van der Waals surface area (Å²) in [6, 6.07) is 10.5. The first-order chi connectivity index (χ1) is 6.47. The van der Waals surface area contributed by atoms with E-state index < -0.39 is 0 Å². The molecule has 1 aromatic carbocycles. The predicted molar refractivity (Wildman–Crippen MR) is 56.2 cm³/mol. The zero-order valence-corrected chi connectivity index (χ0v) is 9.20. The second-order valence-electron chi connectivity index (χ2n) is 4.14. The molecule has 0 aliphatic rings. The van der Waals surface area contributed by atoms with Crippen LogP contribution in [0.15, 0.2) is 24.3 Å². The van der Waals surface area contributed by atoms with Gasteiger partial charge in [-0.3, -0.25) is 0 Å². The van der Waals surface area contributed by atoms with E-state index in [1.807, 2.05) is 52.0 Å². The van der Waals surface area contributed by atoms with E-state index >= 15 is 0 Å². The van der Waals surface area contributed by atoms with Crippen molar-refractivity contribution >= 4 is 0 Å². The van der Waals surface area contributed by atoms with Crippen LogP contribution in [0.3, 0.4) is 0 Å². The molecule has 1 atom stereocenters. The van der Waals surface area contributed by atoms with Crippen LogP contribution >= 0.6 is 0 Å². The fraction of sp³-hybridized carbons (Fsp3) is 0.500. The smallest absolute Gasteiger partial charge is 0.197 e. The molecule has 77 valence electrons. The van der Waals surface area contributed by atoms with Crippen LogP contribution in [-0.2, 0) is 4.74 Å². The number of hydrogen-bond acceptors (Lipinski definition) is 2. The van der Waals surface area contributed by atoms with E-state index in [0.717, 1.165) is 0 Å². The summed E-state index contributed by atoms with van der Waals surface area (Å²) in [6.07, 6.45) is -0.256. The molecule has 0 amide bonds. The zero-order chi connectivity index (χ0) is 10.6. The van der Waals surface area contributed by atoms with Crippen molar-refractivity contribution in [3.05, 3.63) is 30.3 Å². The van der Waals surface area contributed by atoms with Crippen LogP contribution in [0.5, 0.6) is 5.75 Å². The standard InChI is InChI=1S/C12H17O2/c1-10(14-12(2,3)4)13-11-8-6-5-7-9-11/h5-8,10H,1-4H3. The molecule has 1 radical (unpaired) electrons. The van der Waals surface area contributed by atoms with Gasteiger partial charge in [0.05, 0.1) is 5.60 Å². The Kier molecular flexibility index (Phi) is 3.53. The van der Waals surface area contributed by atoms with E-state index in [9.17, 15) is 0 Å². The maximum atomic E-state index is 5.60. The van der Waals surface area contributed by atoms with Crippen molar-refractivity contribution in [2.75, 3.05) is 0 Å². The van der Waals surface area contributed by atoms with Gasteiger partial charge >= 0.3 is 0 Å². The molecule has 0 heterocycles. The Morgan fingerprint density at radius 3 is 2.50 bits per heavy atom. The molecule has 0 spiro atoms. The highest BCUT2D eigenvalue weighted by atomic mass is 16.7. The van der Waals surface area contributed by atoms with Gasteiger partial charge in [-0.2, -0.15) is 0 Å². The van der Waals surface area contributed by atoms with Gasteiger partial charge in [0.15, 0.2) is 6.29 Å². The Hall–Kier alpha value is -1.02. The van der Waals surface area contributed by atoms with Crippen LogP contribution in [0.2, 0.25) is 0 Å². The van der Waals surface area contributed by atoms with Crippen LogP contribution in [0.1, 0.15) is 27.7 Å². The fourth-order valence-electron chi connectivity index (χ4n) is 1.15. The summed E-state index contributed by atoms with van der Waals surface area (Å²) in [5, 5.41) is 0. The monoisotopic (exact) mass is 193 g/mol. The largest absolute Gasteiger partial charge is 0.465 e. The average molecular weight is 193 g/mol. The molecule has 0 aromatic heterocycles. The first kappa shape index (κ1) is 11.1. The Morgan fingerprint density at radius 1 is 1.29 bits per heavy atom. The minimum absolute atomic E-state index is 0.186. The topological polar surface area (TPSA) is 18.5 Å². The van der Waals surface area contributed by atoms with E-state index in [-0.39, 0.29) is 11.9 Å². The van der Waals surface area contributed by atoms with Crippen molar-refractivity contribution in [2.24, 2.45) is 0 Å². The Morgan fingerprint density at radius 2 is 2.00 bits per heavy atom. The van der Waals surface area contributed by atoms with Gasteiger partial charge in [0, 0.05) is 6.07 Å². The van der Waals surface area contributed by atoms with E-state index in [1.165, 1.54) is 0 Å². The Labute approximate surface area is 85.8 Å². The summed E-state index contributed by atoms with van der Waals surface area (Å²) >= 11 is 0. The molecule has 2 nitrogen and oxygen atoms in total. The second kappa shape index (κ2) is 4.47. The fourth-order valence-corrected chi connectivity index (χ4v) is 1.15. The predicted octanol–water partition coefficient (Wildman–Crippen LogP) is 3.03. The molecular formula is C12H17O2. The summed E-state index contributed by atoms with van der Waals surface area (Å²) < 4.78 is 11.1. The molecule has 1 unspecified atom stereocenters. The Balaban J connectivity index is 2.46. The number of ether oxygens (including phenoxy) is 2. The van der Waals surface area contributed by atoms with E-state index in [1.54, 1.807) is 0 Å². The van der Waals surface area contributed by atoms with Gasteiger partial charge in [0.2, 0.25) is 0 Å². The quantitative estimate of drug-likeness (QED) is 0.687. The molecule has 1 aromatic rings. The third kappa shape index (κ3) is 4.28. The molecule has 0 aliphatic heterocycles. The normalized spacial score (nSPS) is 13.7. The lowest BCUT2D eigenvalue weighted by Crippen LogP contribution is -2.29. The number of para-hydroxylation sites is 1. The number of hydrogen-bond donors (Lipinski definition) is 0. The molecule has 0 bridgehead atoms. The first-order valence-electron chi connectivity index (χ1n) is 4.78. The molecule has 2 heteroatoms. The van der Waals surface area contributed by atoms with Crippen LogP contribution in [0, 0.1) is 6.07 Å². The highest BCUT2D eigenvalue weighted by Gasteiger charge is 2.15. The van der Waals surface area contributed by atoms with Crippen molar-refractivity contribution in [1.29, 1.82) is 0 Å². The minimum Gasteiger partial charge on any atom is -0.465 e. The molecular weight excluding hydrogens is 176 g/mol. The number of benzene rings is 1.